The van der Waals surface area contributed by atoms with Crippen molar-refractivity contribution in [1.29, 1.82) is 0 Å². The fourth-order valence-corrected chi connectivity index (χ4v) is 3.54. The number of anilines is 1. The molecule has 0 radical (unpaired) electrons. The monoisotopic (exact) mass is 467 g/mol. The van der Waals surface area contributed by atoms with E-state index in [4.69, 9.17) is 21.1 Å². The highest BCUT2D eigenvalue weighted by Crippen LogP contribution is 2.25. The Morgan fingerprint density at radius 1 is 0.969 bits per heavy atom. The van der Waals surface area contributed by atoms with Crippen molar-refractivity contribution in [2.75, 3.05) is 18.2 Å². The van der Waals surface area contributed by atoms with Gasteiger partial charge in [-0.15, -0.1) is 5.10 Å². The van der Waals surface area contributed by atoms with E-state index in [0.717, 1.165) is 11.4 Å². The maximum Gasteiger partial charge on any atom is 0.234 e. The molecular weight excluding hydrogens is 450 g/mol. The maximum atomic E-state index is 12.4. The zero-order valence-electron chi connectivity index (χ0n) is 16.9. The van der Waals surface area contributed by atoms with Crippen molar-refractivity contribution in [3.63, 3.8) is 0 Å². The summed E-state index contributed by atoms with van der Waals surface area (Å²) in [5, 5.41) is 15.7. The first-order chi connectivity index (χ1) is 15.6. The topological polar surface area (TPSA) is 91.2 Å². The van der Waals surface area contributed by atoms with E-state index in [9.17, 15) is 4.79 Å². The molecule has 4 rings (SSSR count). The summed E-state index contributed by atoms with van der Waals surface area (Å²) >= 11 is 7.12. The van der Waals surface area contributed by atoms with Gasteiger partial charge in [0.15, 0.2) is 0 Å². The largest absolute Gasteiger partial charge is 0.497 e. The molecule has 8 nitrogen and oxygen atoms in total. The van der Waals surface area contributed by atoms with E-state index in [0.29, 0.717) is 27.4 Å². The third kappa shape index (κ3) is 5.57. The van der Waals surface area contributed by atoms with Crippen molar-refractivity contribution in [1.82, 2.24) is 20.2 Å². The van der Waals surface area contributed by atoms with Gasteiger partial charge in [0.05, 0.1) is 18.6 Å². The summed E-state index contributed by atoms with van der Waals surface area (Å²) in [7, 11) is 1.60. The Labute approximate surface area is 193 Å². The van der Waals surface area contributed by atoms with Gasteiger partial charge in [-0.25, -0.2) is 0 Å². The highest BCUT2D eigenvalue weighted by molar-refractivity contribution is 7.99. The number of nitrogens with one attached hydrogen (secondary N) is 1. The Morgan fingerprint density at radius 2 is 1.59 bits per heavy atom. The maximum absolute atomic E-state index is 12.4. The minimum Gasteiger partial charge on any atom is -0.497 e. The molecule has 1 amide bonds. The van der Waals surface area contributed by atoms with Gasteiger partial charge in [0.1, 0.15) is 17.2 Å². The third-order valence-corrected chi connectivity index (χ3v) is 5.45. The van der Waals surface area contributed by atoms with Crippen molar-refractivity contribution in [3.05, 3.63) is 77.8 Å². The molecule has 0 fully saturated rings. The lowest BCUT2D eigenvalue weighted by Gasteiger charge is -2.08. The molecule has 0 bridgehead atoms. The van der Waals surface area contributed by atoms with Crippen LogP contribution in [0.5, 0.6) is 17.2 Å². The number of halogens is 1. The van der Waals surface area contributed by atoms with Crippen molar-refractivity contribution >= 4 is 35.0 Å². The first-order valence-corrected chi connectivity index (χ1v) is 10.9. The number of nitrogens with zero attached hydrogens (tertiary/aromatic N) is 4. The van der Waals surface area contributed by atoms with Gasteiger partial charge in [-0.3, -0.25) is 4.79 Å². The minimum atomic E-state index is -0.175. The van der Waals surface area contributed by atoms with Crippen LogP contribution in [0.2, 0.25) is 5.02 Å². The number of thioether (sulfide) groups is 1. The summed E-state index contributed by atoms with van der Waals surface area (Å²) in [6.07, 6.45) is 0. The SMILES string of the molecule is COc1ccc(-n2nnnc2SCC(=O)Nc2ccc(Oc3ccc(Cl)cc3)cc2)cc1. The molecule has 0 aliphatic rings. The molecular formula is C22H18ClN5O3S. The second kappa shape index (κ2) is 10.2. The van der Waals surface area contributed by atoms with Gasteiger partial charge < -0.3 is 14.8 Å². The number of tetrazole rings is 1. The molecule has 0 aliphatic heterocycles. The summed E-state index contributed by atoms with van der Waals surface area (Å²) in [5.74, 6) is 2.04. The zero-order chi connectivity index (χ0) is 22.3. The number of ether oxygens (including phenoxy) is 2. The lowest BCUT2D eigenvalue weighted by atomic mass is 10.3. The van der Waals surface area contributed by atoms with Gasteiger partial charge in [-0.2, -0.15) is 4.68 Å². The Kier molecular flexibility index (Phi) is 6.88. The van der Waals surface area contributed by atoms with Crippen LogP contribution in [0.1, 0.15) is 0 Å². The fourth-order valence-electron chi connectivity index (χ4n) is 2.73. The molecule has 3 aromatic carbocycles. The van der Waals surface area contributed by atoms with Crippen molar-refractivity contribution < 1.29 is 14.3 Å². The number of rotatable bonds is 8. The Bertz CT molecular complexity index is 1180. The Morgan fingerprint density at radius 3 is 2.25 bits per heavy atom. The Balaban J connectivity index is 1.31. The number of methoxy groups -OCH3 is 1. The highest BCUT2D eigenvalue weighted by Gasteiger charge is 2.12. The van der Waals surface area contributed by atoms with Gasteiger partial charge in [-0.05, 0) is 83.2 Å². The molecule has 1 N–H and O–H groups in total. The van der Waals surface area contributed by atoms with E-state index in [1.165, 1.54) is 11.8 Å². The second-order valence-corrected chi connectivity index (χ2v) is 7.87. The van der Waals surface area contributed by atoms with Crippen LogP contribution in [0.25, 0.3) is 5.69 Å². The minimum absolute atomic E-state index is 0.152. The average Bonchev–Trinajstić information content (AvgIpc) is 3.29. The van der Waals surface area contributed by atoms with E-state index in [2.05, 4.69) is 20.8 Å². The number of benzene rings is 3. The van der Waals surface area contributed by atoms with E-state index in [1.54, 1.807) is 60.3 Å². The number of hydrogen-bond donors (Lipinski definition) is 1. The van der Waals surface area contributed by atoms with Gasteiger partial charge in [0, 0.05) is 10.7 Å². The van der Waals surface area contributed by atoms with Gasteiger partial charge in [0.25, 0.3) is 0 Å². The number of carbonyl (C=O) groups is 1. The lowest BCUT2D eigenvalue weighted by molar-refractivity contribution is -0.113. The van der Waals surface area contributed by atoms with Crippen LogP contribution in [0.3, 0.4) is 0 Å². The molecule has 0 aliphatic carbocycles. The second-order valence-electron chi connectivity index (χ2n) is 6.49. The number of aromatic nitrogens is 4. The molecule has 0 unspecified atom stereocenters. The molecule has 0 saturated carbocycles. The van der Waals surface area contributed by atoms with Crippen LogP contribution < -0.4 is 14.8 Å². The van der Waals surface area contributed by atoms with Gasteiger partial charge in [0.2, 0.25) is 11.1 Å². The van der Waals surface area contributed by atoms with Crippen molar-refractivity contribution in [3.8, 4) is 22.9 Å². The van der Waals surface area contributed by atoms with Gasteiger partial charge >= 0.3 is 0 Å². The third-order valence-electron chi connectivity index (χ3n) is 4.28. The zero-order valence-corrected chi connectivity index (χ0v) is 18.5. The summed E-state index contributed by atoms with van der Waals surface area (Å²) < 4.78 is 12.5. The fraction of sp³-hybridized carbons (Fsp3) is 0.0909. The quantitative estimate of drug-likeness (QED) is 0.370. The van der Waals surface area contributed by atoms with Crippen LogP contribution >= 0.6 is 23.4 Å². The Hall–Kier alpha value is -3.56. The first kappa shape index (κ1) is 21.7. The summed E-state index contributed by atoms with van der Waals surface area (Å²) in [5.41, 5.74) is 1.43. The molecule has 162 valence electrons. The molecule has 0 saturated heterocycles. The molecule has 4 aromatic rings. The van der Waals surface area contributed by atoms with Crippen molar-refractivity contribution in [2.24, 2.45) is 0 Å². The molecule has 0 atom stereocenters. The summed E-state index contributed by atoms with van der Waals surface area (Å²) in [4.78, 5) is 12.4. The van der Waals surface area contributed by atoms with Gasteiger partial charge in [-0.1, -0.05) is 23.4 Å². The standard InChI is InChI=1S/C22H18ClN5O3S/c1-30-18-12-6-17(7-13-18)28-22(25-26-27-28)32-14-21(29)24-16-4-10-20(11-5-16)31-19-8-2-15(23)3-9-19/h2-13H,14H2,1H3,(H,24,29). The summed E-state index contributed by atoms with van der Waals surface area (Å²) in [6, 6.07) is 21.5. The van der Waals surface area contributed by atoms with Crippen molar-refractivity contribution in [2.45, 2.75) is 5.16 Å². The van der Waals surface area contributed by atoms with Crippen LogP contribution in [-0.4, -0.2) is 39.0 Å². The highest BCUT2D eigenvalue weighted by atomic mass is 35.5. The van der Waals surface area contributed by atoms with E-state index < -0.39 is 0 Å². The van der Waals surface area contributed by atoms with Crippen LogP contribution in [0.15, 0.2) is 78.0 Å². The molecule has 1 heterocycles. The van der Waals surface area contributed by atoms with E-state index in [1.807, 2.05) is 24.3 Å². The number of carbonyl (C=O) groups excluding carboxylic acids is 1. The van der Waals surface area contributed by atoms with Crippen LogP contribution in [0, 0.1) is 0 Å². The molecule has 1 aromatic heterocycles. The smallest absolute Gasteiger partial charge is 0.234 e. The predicted octanol–water partition coefficient (Wildman–Crippen LogP) is 4.85. The number of amides is 1. The average molecular weight is 468 g/mol. The molecule has 0 spiro atoms. The summed E-state index contributed by atoms with van der Waals surface area (Å²) in [6.45, 7) is 0. The molecule has 32 heavy (non-hydrogen) atoms. The normalized spacial score (nSPS) is 10.6. The van der Waals surface area contributed by atoms with Crippen LogP contribution in [-0.2, 0) is 4.79 Å². The number of hydrogen-bond acceptors (Lipinski definition) is 7. The lowest BCUT2D eigenvalue weighted by Crippen LogP contribution is -2.14. The molecule has 10 heteroatoms. The van der Waals surface area contributed by atoms with Crippen LogP contribution in [0.4, 0.5) is 5.69 Å². The predicted molar refractivity (Wildman–Crippen MR) is 123 cm³/mol. The first-order valence-electron chi connectivity index (χ1n) is 9.50. The van der Waals surface area contributed by atoms with E-state index in [-0.39, 0.29) is 11.7 Å². The van der Waals surface area contributed by atoms with E-state index >= 15 is 0 Å².